The predicted octanol–water partition coefficient (Wildman–Crippen LogP) is 4.55. The molecule has 2 heteroatoms. The Morgan fingerprint density at radius 2 is 1.65 bits per heavy atom. The van der Waals surface area contributed by atoms with Crippen LogP contribution >= 0.6 is 0 Å². The summed E-state index contributed by atoms with van der Waals surface area (Å²) in [4.78, 5) is 4.58. The molecule has 0 aliphatic heterocycles. The number of hydrogen-bond donors (Lipinski definition) is 0. The first-order chi connectivity index (χ1) is 9.46. The number of aliphatic imine (C=N–C) groups is 1. The smallest absolute Gasteiger partial charge is 0.0524 e. The minimum Gasteiger partial charge on any atom is -0.344 e. The summed E-state index contributed by atoms with van der Waals surface area (Å²) in [5.74, 6) is 0. The van der Waals surface area contributed by atoms with Gasteiger partial charge in [-0.25, -0.2) is 0 Å². The molecule has 0 amide bonds. The van der Waals surface area contributed by atoms with Crippen molar-refractivity contribution >= 4 is 28.0 Å². The van der Waals surface area contributed by atoms with Crippen molar-refractivity contribution < 1.29 is 0 Å². The molecule has 3 rings (SSSR count). The van der Waals surface area contributed by atoms with Crippen LogP contribution in [0.4, 0.5) is 0 Å². The van der Waals surface area contributed by atoms with E-state index in [0.717, 1.165) is 5.56 Å². The molecule has 0 saturated carbocycles. The quantitative estimate of drug-likeness (QED) is 0.574. The Hall–Kier alpha value is -2.09. The fraction of sp³-hybridized carbons (Fsp3) is 0.278. The Labute approximate surface area is 119 Å². The minimum absolute atomic E-state index is 0.0339. The summed E-state index contributed by atoms with van der Waals surface area (Å²) in [6.07, 6.45) is 1.97. The van der Waals surface area contributed by atoms with Crippen molar-refractivity contribution in [1.82, 2.24) is 4.57 Å². The van der Waals surface area contributed by atoms with Crippen molar-refractivity contribution in [2.75, 3.05) is 0 Å². The third kappa shape index (κ3) is 2.22. The first-order valence-electron chi connectivity index (χ1n) is 6.98. The first kappa shape index (κ1) is 12.9. The molecule has 0 N–H and O–H groups in total. The second kappa shape index (κ2) is 4.48. The summed E-state index contributed by atoms with van der Waals surface area (Å²) in [5, 5.41) is 2.61. The Bertz CT molecular complexity index is 801. The largest absolute Gasteiger partial charge is 0.344 e. The number of aryl methyl sites for hydroxylation is 1. The minimum atomic E-state index is -0.0339. The molecule has 102 valence electrons. The van der Waals surface area contributed by atoms with Crippen molar-refractivity contribution in [3.05, 3.63) is 48.0 Å². The van der Waals surface area contributed by atoms with E-state index in [9.17, 15) is 0 Å². The summed E-state index contributed by atoms with van der Waals surface area (Å²) < 4.78 is 2.25. The van der Waals surface area contributed by atoms with Gasteiger partial charge in [0.15, 0.2) is 0 Å². The normalized spacial score (nSPS) is 12.8. The molecular weight excluding hydrogens is 244 g/mol. The van der Waals surface area contributed by atoms with Crippen LogP contribution < -0.4 is 0 Å². The van der Waals surface area contributed by atoms with Gasteiger partial charge in [-0.3, -0.25) is 4.99 Å². The van der Waals surface area contributed by atoms with E-state index in [2.05, 4.69) is 79.8 Å². The Kier molecular flexibility index (Phi) is 2.89. The van der Waals surface area contributed by atoms with Crippen molar-refractivity contribution in [3.63, 3.8) is 0 Å². The van der Waals surface area contributed by atoms with E-state index in [4.69, 9.17) is 0 Å². The number of benzene rings is 2. The van der Waals surface area contributed by atoms with Gasteiger partial charge in [-0.05, 0) is 38.5 Å². The molecule has 0 aliphatic rings. The zero-order valence-electron chi connectivity index (χ0n) is 12.5. The molecule has 1 heterocycles. The van der Waals surface area contributed by atoms with Gasteiger partial charge in [-0.2, -0.15) is 0 Å². The van der Waals surface area contributed by atoms with Gasteiger partial charge < -0.3 is 4.57 Å². The molecule has 0 saturated heterocycles. The van der Waals surface area contributed by atoms with Gasteiger partial charge >= 0.3 is 0 Å². The highest BCUT2D eigenvalue weighted by atomic mass is 14.9. The van der Waals surface area contributed by atoms with Crippen LogP contribution in [0.2, 0.25) is 0 Å². The lowest BCUT2D eigenvalue weighted by molar-refractivity contribution is 0.586. The second-order valence-corrected chi connectivity index (χ2v) is 6.28. The summed E-state index contributed by atoms with van der Waals surface area (Å²) in [6.45, 7) is 6.33. The van der Waals surface area contributed by atoms with E-state index < -0.39 is 0 Å². The fourth-order valence-electron chi connectivity index (χ4n) is 2.53. The van der Waals surface area contributed by atoms with Crippen LogP contribution in [0.5, 0.6) is 0 Å². The van der Waals surface area contributed by atoms with Gasteiger partial charge in [0, 0.05) is 35.1 Å². The van der Waals surface area contributed by atoms with Crippen LogP contribution in [-0.2, 0) is 7.05 Å². The van der Waals surface area contributed by atoms with Crippen LogP contribution in [-0.4, -0.2) is 16.3 Å². The first-order valence-corrected chi connectivity index (χ1v) is 6.98. The summed E-state index contributed by atoms with van der Waals surface area (Å²) in [5.41, 5.74) is 3.64. The molecule has 2 aromatic carbocycles. The molecule has 0 unspecified atom stereocenters. The molecule has 20 heavy (non-hydrogen) atoms. The molecule has 0 radical (unpaired) electrons. The summed E-state index contributed by atoms with van der Waals surface area (Å²) in [6, 6.07) is 15.1. The van der Waals surface area contributed by atoms with Crippen molar-refractivity contribution in [1.29, 1.82) is 0 Å². The molecular formula is C18H20N2. The van der Waals surface area contributed by atoms with E-state index in [0.29, 0.717) is 0 Å². The van der Waals surface area contributed by atoms with E-state index in [1.807, 2.05) is 6.21 Å². The van der Waals surface area contributed by atoms with E-state index in [1.54, 1.807) is 0 Å². The molecule has 0 fully saturated rings. The van der Waals surface area contributed by atoms with Gasteiger partial charge in [-0.15, -0.1) is 0 Å². The molecule has 0 aliphatic carbocycles. The van der Waals surface area contributed by atoms with Crippen molar-refractivity contribution in [2.24, 2.45) is 12.0 Å². The molecule has 3 aromatic rings. The number of fused-ring (bicyclic) bond motifs is 3. The monoisotopic (exact) mass is 264 g/mol. The maximum absolute atomic E-state index is 4.58. The fourth-order valence-corrected chi connectivity index (χ4v) is 2.53. The molecule has 2 nitrogen and oxygen atoms in total. The highest BCUT2D eigenvalue weighted by molar-refractivity contribution is 6.09. The molecule has 0 spiro atoms. The average molecular weight is 264 g/mol. The number of hydrogen-bond acceptors (Lipinski definition) is 1. The second-order valence-electron chi connectivity index (χ2n) is 6.28. The average Bonchev–Trinajstić information content (AvgIpc) is 2.70. The third-order valence-electron chi connectivity index (χ3n) is 3.54. The number of para-hydroxylation sites is 1. The Morgan fingerprint density at radius 3 is 2.40 bits per heavy atom. The van der Waals surface area contributed by atoms with Crippen LogP contribution in [0.25, 0.3) is 21.8 Å². The lowest BCUT2D eigenvalue weighted by Gasteiger charge is -2.10. The van der Waals surface area contributed by atoms with E-state index in [-0.39, 0.29) is 5.54 Å². The van der Waals surface area contributed by atoms with E-state index >= 15 is 0 Å². The topological polar surface area (TPSA) is 17.3 Å². The lowest BCUT2D eigenvalue weighted by Crippen LogP contribution is -2.09. The van der Waals surface area contributed by atoms with Gasteiger partial charge in [0.2, 0.25) is 0 Å². The standard InChI is InChI=1S/C18H20N2/c1-18(2,3)19-12-13-9-10-15-14-7-5-6-8-16(14)20(4)17(15)11-13/h5-12H,1-4H3. The Morgan fingerprint density at radius 1 is 0.950 bits per heavy atom. The van der Waals surface area contributed by atoms with Crippen LogP contribution in [0.3, 0.4) is 0 Å². The maximum atomic E-state index is 4.58. The van der Waals surface area contributed by atoms with Gasteiger partial charge in [-0.1, -0.05) is 30.3 Å². The highest BCUT2D eigenvalue weighted by Crippen LogP contribution is 2.28. The lowest BCUT2D eigenvalue weighted by atomic mass is 10.1. The van der Waals surface area contributed by atoms with Crippen LogP contribution in [0, 0.1) is 0 Å². The highest BCUT2D eigenvalue weighted by Gasteiger charge is 2.08. The van der Waals surface area contributed by atoms with E-state index in [1.165, 1.54) is 21.8 Å². The molecule has 1 aromatic heterocycles. The SMILES string of the molecule is Cn1c2ccccc2c2ccc(C=NC(C)(C)C)cc21. The molecule has 0 atom stereocenters. The van der Waals surface area contributed by atoms with Gasteiger partial charge in [0.1, 0.15) is 0 Å². The number of nitrogens with zero attached hydrogens (tertiary/aromatic N) is 2. The zero-order valence-corrected chi connectivity index (χ0v) is 12.5. The third-order valence-corrected chi connectivity index (χ3v) is 3.54. The van der Waals surface area contributed by atoms with Gasteiger partial charge in [0.25, 0.3) is 0 Å². The zero-order chi connectivity index (χ0) is 14.3. The Balaban J connectivity index is 2.19. The summed E-state index contributed by atoms with van der Waals surface area (Å²) in [7, 11) is 2.12. The predicted molar refractivity (Wildman–Crippen MR) is 87.8 cm³/mol. The van der Waals surface area contributed by atoms with Gasteiger partial charge in [0.05, 0.1) is 5.54 Å². The maximum Gasteiger partial charge on any atom is 0.0524 e. The van der Waals surface area contributed by atoms with Crippen molar-refractivity contribution in [2.45, 2.75) is 26.3 Å². The van der Waals surface area contributed by atoms with Crippen molar-refractivity contribution in [3.8, 4) is 0 Å². The summed E-state index contributed by atoms with van der Waals surface area (Å²) >= 11 is 0. The van der Waals surface area contributed by atoms with Crippen LogP contribution in [0.15, 0.2) is 47.5 Å². The molecule has 0 bridgehead atoms. The van der Waals surface area contributed by atoms with Crippen LogP contribution in [0.1, 0.15) is 26.3 Å². The number of aromatic nitrogens is 1. The number of rotatable bonds is 1.